The lowest BCUT2D eigenvalue weighted by Crippen LogP contribution is -2.35. The third kappa shape index (κ3) is 5.74. The van der Waals surface area contributed by atoms with Crippen LogP contribution in [0.4, 0.5) is 0 Å². The van der Waals surface area contributed by atoms with E-state index in [1.165, 1.54) is 0 Å². The molecule has 0 heterocycles. The molecule has 0 bridgehead atoms. The second-order valence-electron chi connectivity index (χ2n) is 4.47. The highest BCUT2D eigenvalue weighted by Crippen LogP contribution is 2.08. The molecule has 0 aromatic heterocycles. The zero-order valence-corrected chi connectivity index (χ0v) is 9.60. The molecule has 0 aromatic carbocycles. The van der Waals surface area contributed by atoms with Gasteiger partial charge in [-0.2, -0.15) is 0 Å². The van der Waals surface area contributed by atoms with Crippen LogP contribution in [0.25, 0.3) is 0 Å². The maximum absolute atomic E-state index is 11.4. The monoisotopic (exact) mass is 202 g/mol. The van der Waals surface area contributed by atoms with E-state index in [1.54, 1.807) is 0 Å². The molecule has 0 radical (unpaired) electrons. The van der Waals surface area contributed by atoms with Gasteiger partial charge < -0.3 is 4.79 Å². The number of rotatable bonds is 4. The Kier molecular flexibility index (Phi) is 6.16. The van der Waals surface area contributed by atoms with Crippen molar-refractivity contribution in [1.82, 2.24) is 0 Å². The number of hydrogen-bond acceptors (Lipinski definition) is 2. The molecule has 0 saturated carbocycles. The maximum atomic E-state index is 11.4. The van der Waals surface area contributed by atoms with Crippen LogP contribution in [0.15, 0.2) is 0 Å². The molecule has 0 N–H and O–H groups in total. The lowest BCUT2D eigenvalue weighted by Gasteiger charge is -2.13. The summed E-state index contributed by atoms with van der Waals surface area (Å²) in [6.45, 7) is 9.59. The Morgan fingerprint density at radius 2 is 1.54 bits per heavy atom. The van der Waals surface area contributed by atoms with Crippen molar-refractivity contribution in [3.8, 4) is 0 Å². The first kappa shape index (κ1) is 15.0. The molecule has 0 aliphatic heterocycles. The highest BCUT2D eigenvalue weighted by molar-refractivity contribution is 7.03. The molecule has 3 heteroatoms. The van der Waals surface area contributed by atoms with E-state index in [1.807, 2.05) is 33.5 Å². The molecule has 78 valence electrons. The molecule has 0 spiro atoms. The fourth-order valence-electron chi connectivity index (χ4n) is 0.628. The fourth-order valence-corrected chi connectivity index (χ4v) is 1.33. The van der Waals surface area contributed by atoms with Crippen LogP contribution in [0.1, 0.15) is 27.7 Å². The van der Waals surface area contributed by atoms with Gasteiger partial charge in [0.1, 0.15) is 19.3 Å². The molecule has 0 aromatic rings. The number of carbonyl (C=O) groups excluding carboxylic acids is 2. The van der Waals surface area contributed by atoms with Gasteiger partial charge in [-0.3, -0.25) is 4.79 Å². The Hall–Kier alpha value is -0.443. The minimum Gasteiger partial charge on any atom is -0.305 e. The quantitative estimate of drug-likeness (QED) is 0.519. The first-order valence-electron chi connectivity index (χ1n) is 4.31. The van der Waals surface area contributed by atoms with E-state index >= 15 is 0 Å². The van der Waals surface area contributed by atoms with Crippen LogP contribution < -0.4 is 0 Å². The Morgan fingerprint density at radius 3 is 1.77 bits per heavy atom. The van der Waals surface area contributed by atoms with Gasteiger partial charge in [-0.05, 0) is 0 Å². The first-order chi connectivity index (χ1) is 5.25. The summed E-state index contributed by atoms with van der Waals surface area (Å²) < 4.78 is 0. The molecule has 0 unspecified atom stereocenters. The van der Waals surface area contributed by atoms with Crippen molar-refractivity contribution in [1.29, 1.82) is 0 Å². The summed E-state index contributed by atoms with van der Waals surface area (Å²) in [5, 5.41) is 0.168. The van der Waals surface area contributed by atoms with Gasteiger partial charge in [0.25, 0.3) is 0 Å². The van der Waals surface area contributed by atoms with E-state index in [-0.39, 0.29) is 31.0 Å². The predicted octanol–water partition coefficient (Wildman–Crippen LogP) is 2.68. The van der Waals surface area contributed by atoms with Crippen LogP contribution in [0.5, 0.6) is 0 Å². The van der Waals surface area contributed by atoms with Gasteiger partial charge in [-0.25, -0.2) is 0 Å². The average molecular weight is 202 g/mol. The third-order valence-electron chi connectivity index (χ3n) is 1.82. The minimum atomic E-state index is -1.73. The van der Waals surface area contributed by atoms with E-state index in [4.69, 9.17) is 0 Å². The fraction of sp³-hybridized carbons (Fsp3) is 0.800. The largest absolute Gasteiger partial charge is 0.305 e. The third-order valence-corrected chi connectivity index (χ3v) is 3.67. The second-order valence-corrected chi connectivity index (χ2v) is 9.53. The Balaban J connectivity index is 0. The van der Waals surface area contributed by atoms with Crippen LogP contribution in [0.3, 0.4) is 0 Å². The van der Waals surface area contributed by atoms with E-state index < -0.39 is 8.07 Å². The second kappa shape index (κ2) is 5.32. The molecular weight excluding hydrogens is 180 g/mol. The molecule has 0 rings (SSSR count). The normalized spacial score (nSPS) is 10.9. The molecule has 0 aliphatic carbocycles. The summed E-state index contributed by atoms with van der Waals surface area (Å²) in [6, 6.07) is 0. The standard InChI is InChI=1S/C9H18O2Si.CH4/c1-7(2)8(10)6-9(11)12(3,4)5;/h7H,6H2,1-5H3;1H4. The van der Waals surface area contributed by atoms with Gasteiger partial charge in [-0.1, -0.05) is 40.9 Å². The van der Waals surface area contributed by atoms with Gasteiger partial charge in [0, 0.05) is 5.92 Å². The molecule has 0 aliphatic rings. The van der Waals surface area contributed by atoms with Crippen molar-refractivity contribution in [3.63, 3.8) is 0 Å². The predicted molar refractivity (Wildman–Crippen MR) is 59.5 cm³/mol. The number of ketones is 1. The highest BCUT2D eigenvalue weighted by Gasteiger charge is 2.26. The van der Waals surface area contributed by atoms with E-state index in [2.05, 4.69) is 0 Å². The van der Waals surface area contributed by atoms with Crippen LogP contribution in [-0.2, 0) is 9.59 Å². The van der Waals surface area contributed by atoms with Gasteiger partial charge in [0.05, 0.1) is 6.42 Å². The van der Waals surface area contributed by atoms with Crippen molar-refractivity contribution in [2.45, 2.75) is 47.3 Å². The average Bonchev–Trinajstić information content (AvgIpc) is 1.85. The van der Waals surface area contributed by atoms with Crippen molar-refractivity contribution in [2.75, 3.05) is 0 Å². The topological polar surface area (TPSA) is 34.1 Å². The molecule has 2 nitrogen and oxygen atoms in total. The number of carbonyl (C=O) groups is 2. The minimum absolute atomic E-state index is 0. The first-order valence-corrected chi connectivity index (χ1v) is 7.81. The summed E-state index contributed by atoms with van der Waals surface area (Å²) >= 11 is 0. The number of Topliss-reactive ketones (excluding diaryl/α,β-unsaturated/α-hetero) is 1. The van der Waals surface area contributed by atoms with Gasteiger partial charge in [-0.15, -0.1) is 0 Å². The van der Waals surface area contributed by atoms with Crippen molar-refractivity contribution in [2.24, 2.45) is 5.92 Å². The highest BCUT2D eigenvalue weighted by atomic mass is 28.3. The Morgan fingerprint density at radius 1 is 1.15 bits per heavy atom. The van der Waals surface area contributed by atoms with Crippen LogP contribution >= 0.6 is 0 Å². The van der Waals surface area contributed by atoms with E-state index in [0.717, 1.165) is 0 Å². The van der Waals surface area contributed by atoms with Crippen molar-refractivity contribution in [3.05, 3.63) is 0 Å². The molecular formula is C10H22O2Si. The van der Waals surface area contributed by atoms with E-state index in [9.17, 15) is 9.59 Å². The van der Waals surface area contributed by atoms with Gasteiger partial charge in [0.15, 0.2) is 0 Å². The molecule has 13 heavy (non-hydrogen) atoms. The SMILES string of the molecule is C.CC(C)C(=O)CC(=O)[Si](C)(C)C. The molecule has 0 saturated heterocycles. The summed E-state index contributed by atoms with van der Waals surface area (Å²) in [5.41, 5.74) is 0. The zero-order valence-electron chi connectivity index (χ0n) is 8.60. The lowest BCUT2D eigenvalue weighted by molar-refractivity contribution is -0.126. The summed E-state index contributed by atoms with van der Waals surface area (Å²) in [7, 11) is -1.73. The smallest absolute Gasteiger partial charge is 0.142 e. The molecule has 0 atom stereocenters. The Labute approximate surface area is 82.7 Å². The van der Waals surface area contributed by atoms with Crippen molar-refractivity contribution >= 4 is 19.3 Å². The molecule has 0 amide bonds. The van der Waals surface area contributed by atoms with Crippen LogP contribution in [0, 0.1) is 5.92 Å². The summed E-state index contributed by atoms with van der Waals surface area (Å²) in [5.74, 6) is 0.0627. The Bertz CT molecular complexity index is 190. The van der Waals surface area contributed by atoms with E-state index in [0.29, 0.717) is 0 Å². The summed E-state index contributed by atoms with van der Waals surface area (Å²) in [4.78, 5) is 22.6. The molecule has 0 fully saturated rings. The van der Waals surface area contributed by atoms with Gasteiger partial charge >= 0.3 is 0 Å². The van der Waals surface area contributed by atoms with Crippen LogP contribution in [0.2, 0.25) is 19.6 Å². The zero-order chi connectivity index (χ0) is 9.94. The summed E-state index contributed by atoms with van der Waals surface area (Å²) in [6.07, 6.45) is 0.146. The number of hydrogen-bond donors (Lipinski definition) is 0. The maximum Gasteiger partial charge on any atom is 0.142 e. The van der Waals surface area contributed by atoms with Crippen LogP contribution in [-0.4, -0.2) is 19.3 Å². The van der Waals surface area contributed by atoms with Gasteiger partial charge in [0.2, 0.25) is 0 Å². The lowest BCUT2D eigenvalue weighted by atomic mass is 10.1. The van der Waals surface area contributed by atoms with Crippen molar-refractivity contribution < 1.29 is 9.59 Å².